The van der Waals surface area contributed by atoms with Crippen LogP contribution in [0.2, 0.25) is 0 Å². The number of imidazole rings is 1. The van der Waals surface area contributed by atoms with E-state index in [0.717, 1.165) is 15.9 Å². The van der Waals surface area contributed by atoms with Gasteiger partial charge in [-0.15, -0.1) is 0 Å². The molecule has 2 N–H and O–H groups in total. The predicted octanol–water partition coefficient (Wildman–Crippen LogP) is 0.655. The first-order chi connectivity index (χ1) is 12.2. The Hall–Kier alpha value is -3.62. The molecule has 9 heteroatoms. The van der Waals surface area contributed by atoms with Crippen molar-refractivity contribution in [2.24, 2.45) is 0 Å². The average Bonchev–Trinajstić information content (AvgIpc) is 3.25. The molecular weight excluding hydrogens is 324 g/mol. The lowest BCUT2D eigenvalue weighted by Crippen LogP contribution is -2.33. The number of hydrogen-bond donors (Lipinski definition) is 2. The highest BCUT2D eigenvalue weighted by atomic mass is 16.5. The number of aromatic nitrogens is 6. The average molecular weight is 338 g/mol. The summed E-state index contributed by atoms with van der Waals surface area (Å²) in [6.07, 6.45) is 4.46. The topological polar surface area (TPSA) is 111 Å². The molecule has 1 aromatic carbocycles. The van der Waals surface area contributed by atoms with Gasteiger partial charge in [-0.25, -0.2) is 14.3 Å². The Morgan fingerprint density at radius 2 is 2.08 bits per heavy atom. The number of fused-ring (bicyclic) bond motifs is 1. The normalized spacial score (nSPS) is 11.1. The van der Waals surface area contributed by atoms with Crippen LogP contribution in [-0.4, -0.2) is 36.4 Å². The molecule has 0 aliphatic carbocycles. The number of nitrogens with one attached hydrogen (secondary N) is 2. The molecule has 0 radical (unpaired) electrons. The van der Waals surface area contributed by atoms with Crippen LogP contribution in [0.1, 0.15) is 5.56 Å². The molecule has 0 bridgehead atoms. The Balaban J connectivity index is 1.75. The van der Waals surface area contributed by atoms with Crippen molar-refractivity contribution in [3.8, 4) is 11.4 Å². The van der Waals surface area contributed by atoms with Gasteiger partial charge < -0.3 is 9.72 Å². The first kappa shape index (κ1) is 14.9. The molecule has 0 unspecified atom stereocenters. The number of hydrogen-bond acceptors (Lipinski definition) is 5. The Labute approximate surface area is 140 Å². The molecule has 4 rings (SSSR count). The van der Waals surface area contributed by atoms with E-state index in [1.807, 2.05) is 24.3 Å². The first-order valence-electron chi connectivity index (χ1n) is 7.50. The summed E-state index contributed by atoms with van der Waals surface area (Å²) in [5.74, 6) is 0.744. The Morgan fingerprint density at radius 1 is 1.24 bits per heavy atom. The zero-order valence-corrected chi connectivity index (χ0v) is 13.3. The number of benzene rings is 1. The van der Waals surface area contributed by atoms with Gasteiger partial charge >= 0.3 is 5.69 Å². The zero-order chi connectivity index (χ0) is 17.4. The van der Waals surface area contributed by atoms with E-state index in [-0.39, 0.29) is 11.2 Å². The minimum absolute atomic E-state index is 0.229. The van der Waals surface area contributed by atoms with E-state index in [4.69, 9.17) is 4.74 Å². The van der Waals surface area contributed by atoms with Crippen molar-refractivity contribution >= 4 is 11.2 Å². The summed E-state index contributed by atoms with van der Waals surface area (Å²) in [6.45, 7) is 0.447. The van der Waals surface area contributed by atoms with Gasteiger partial charge in [0.1, 0.15) is 11.3 Å². The fraction of sp³-hybridized carbons (Fsp3) is 0.125. The number of rotatable bonds is 4. The van der Waals surface area contributed by atoms with Gasteiger partial charge in [-0.1, -0.05) is 18.2 Å². The minimum Gasteiger partial charge on any atom is -0.496 e. The number of methoxy groups -OCH3 is 1. The number of nitrogens with zero attached hydrogens (tertiary/aromatic N) is 4. The largest absolute Gasteiger partial charge is 0.496 e. The van der Waals surface area contributed by atoms with Gasteiger partial charge in [-0.05, 0) is 6.07 Å². The summed E-state index contributed by atoms with van der Waals surface area (Å²) in [5.41, 5.74) is 0.724. The summed E-state index contributed by atoms with van der Waals surface area (Å²) >= 11 is 0. The van der Waals surface area contributed by atoms with Crippen molar-refractivity contribution in [1.29, 1.82) is 0 Å². The molecular formula is C16H14N6O3. The van der Waals surface area contributed by atoms with Crippen LogP contribution in [0.15, 0.2) is 52.6 Å². The molecule has 0 aliphatic heterocycles. The Kier molecular flexibility index (Phi) is 3.46. The first-order valence-corrected chi connectivity index (χ1v) is 7.50. The maximum Gasteiger partial charge on any atom is 0.334 e. The monoisotopic (exact) mass is 338 g/mol. The third kappa shape index (κ3) is 2.51. The van der Waals surface area contributed by atoms with E-state index in [1.165, 1.54) is 12.5 Å². The molecule has 0 saturated carbocycles. The second-order valence-corrected chi connectivity index (χ2v) is 5.40. The summed E-state index contributed by atoms with van der Waals surface area (Å²) < 4.78 is 7.98. The van der Waals surface area contributed by atoms with Crippen LogP contribution in [0.3, 0.4) is 0 Å². The fourth-order valence-electron chi connectivity index (χ4n) is 2.71. The lowest BCUT2D eigenvalue weighted by molar-refractivity contribution is 0.407. The van der Waals surface area contributed by atoms with E-state index in [0.29, 0.717) is 12.2 Å². The van der Waals surface area contributed by atoms with Gasteiger partial charge in [0.2, 0.25) is 0 Å². The van der Waals surface area contributed by atoms with Crippen LogP contribution in [-0.2, 0) is 6.54 Å². The lowest BCUT2D eigenvalue weighted by atomic mass is 10.2. The number of H-pyrrole nitrogens is 2. The fourth-order valence-corrected chi connectivity index (χ4v) is 2.71. The van der Waals surface area contributed by atoms with Gasteiger partial charge in [-0.3, -0.25) is 14.5 Å². The van der Waals surface area contributed by atoms with Gasteiger partial charge in [0, 0.05) is 11.8 Å². The molecule has 0 atom stereocenters. The van der Waals surface area contributed by atoms with Crippen LogP contribution >= 0.6 is 0 Å². The lowest BCUT2D eigenvalue weighted by Gasteiger charge is -2.07. The molecule has 126 valence electrons. The molecule has 3 aromatic heterocycles. The summed E-state index contributed by atoms with van der Waals surface area (Å²) in [4.78, 5) is 33.9. The second kappa shape index (κ2) is 5.78. The highest BCUT2D eigenvalue weighted by molar-refractivity contribution is 5.68. The van der Waals surface area contributed by atoms with E-state index in [1.54, 1.807) is 18.0 Å². The number of para-hydroxylation sites is 1. The molecule has 25 heavy (non-hydrogen) atoms. The van der Waals surface area contributed by atoms with Crippen LogP contribution < -0.4 is 16.0 Å². The van der Waals surface area contributed by atoms with Gasteiger partial charge in [0.15, 0.2) is 5.65 Å². The van der Waals surface area contributed by atoms with Crippen LogP contribution in [0.4, 0.5) is 0 Å². The molecule has 0 fully saturated rings. The SMILES string of the molecule is COc1ccccc1Cn1cc(-n2c(=O)[nH]c3nc[nH]c3c2=O)cn1. The summed E-state index contributed by atoms with van der Waals surface area (Å²) in [5, 5.41) is 4.24. The van der Waals surface area contributed by atoms with E-state index in [9.17, 15) is 9.59 Å². The molecule has 0 saturated heterocycles. The number of aromatic amines is 2. The van der Waals surface area contributed by atoms with Crippen LogP contribution in [0, 0.1) is 0 Å². The van der Waals surface area contributed by atoms with Crippen molar-refractivity contribution in [3.05, 3.63) is 69.4 Å². The van der Waals surface area contributed by atoms with Gasteiger partial charge in [0.25, 0.3) is 5.56 Å². The Bertz CT molecular complexity index is 1170. The smallest absolute Gasteiger partial charge is 0.334 e. The number of ether oxygens (including phenoxy) is 1. The van der Waals surface area contributed by atoms with Gasteiger partial charge in [0.05, 0.1) is 31.9 Å². The third-order valence-electron chi connectivity index (χ3n) is 3.89. The van der Waals surface area contributed by atoms with Gasteiger partial charge in [-0.2, -0.15) is 5.10 Å². The predicted molar refractivity (Wildman–Crippen MR) is 90.2 cm³/mol. The zero-order valence-electron chi connectivity index (χ0n) is 13.3. The highest BCUT2D eigenvalue weighted by Crippen LogP contribution is 2.18. The standard InChI is InChI=1S/C16H14N6O3/c1-25-12-5-3-2-4-10(12)7-21-8-11(6-19-21)22-15(23)13-14(18-9-17-13)20-16(22)24/h2-6,8-9H,7H2,1H3,(H,17,18)(H,20,24). The summed E-state index contributed by atoms with van der Waals surface area (Å²) in [6, 6.07) is 7.58. The van der Waals surface area contributed by atoms with Crippen molar-refractivity contribution in [2.45, 2.75) is 6.54 Å². The highest BCUT2D eigenvalue weighted by Gasteiger charge is 2.13. The van der Waals surface area contributed by atoms with E-state index < -0.39 is 11.2 Å². The quantitative estimate of drug-likeness (QED) is 0.568. The molecule has 3 heterocycles. The van der Waals surface area contributed by atoms with Crippen molar-refractivity contribution < 1.29 is 4.74 Å². The Morgan fingerprint density at radius 3 is 2.92 bits per heavy atom. The van der Waals surface area contributed by atoms with Crippen LogP contribution in [0.25, 0.3) is 16.9 Å². The van der Waals surface area contributed by atoms with E-state index >= 15 is 0 Å². The third-order valence-corrected chi connectivity index (χ3v) is 3.89. The maximum atomic E-state index is 12.5. The second-order valence-electron chi connectivity index (χ2n) is 5.40. The molecule has 0 amide bonds. The van der Waals surface area contributed by atoms with E-state index in [2.05, 4.69) is 20.1 Å². The van der Waals surface area contributed by atoms with Crippen molar-refractivity contribution in [2.75, 3.05) is 7.11 Å². The molecule has 9 nitrogen and oxygen atoms in total. The van der Waals surface area contributed by atoms with Crippen molar-refractivity contribution in [1.82, 2.24) is 29.3 Å². The maximum absolute atomic E-state index is 12.5. The molecule has 4 aromatic rings. The minimum atomic E-state index is -0.568. The van der Waals surface area contributed by atoms with Crippen molar-refractivity contribution in [3.63, 3.8) is 0 Å². The molecule has 0 spiro atoms. The molecule has 0 aliphatic rings. The summed E-state index contributed by atoms with van der Waals surface area (Å²) in [7, 11) is 1.60. The van der Waals surface area contributed by atoms with Crippen LogP contribution in [0.5, 0.6) is 5.75 Å².